The van der Waals surface area contributed by atoms with Crippen molar-refractivity contribution in [2.45, 2.75) is 43.7 Å². The highest BCUT2D eigenvalue weighted by molar-refractivity contribution is 6.36. The molecule has 2 fully saturated rings. The van der Waals surface area contributed by atoms with Gasteiger partial charge in [0.15, 0.2) is 0 Å². The number of aliphatic hydroxyl groups is 1. The molecule has 1 aromatic rings. The summed E-state index contributed by atoms with van der Waals surface area (Å²) in [5.74, 6) is 0. The van der Waals surface area contributed by atoms with Gasteiger partial charge in [0.25, 0.3) is 0 Å². The molecule has 0 saturated carbocycles. The molecular weight excluding hydrogens is 281 g/mol. The molecule has 2 nitrogen and oxygen atoms in total. The number of halogens is 2. The molecule has 4 heteroatoms. The van der Waals surface area contributed by atoms with Crippen LogP contribution in [0.1, 0.15) is 31.2 Å². The third kappa shape index (κ3) is 2.52. The van der Waals surface area contributed by atoms with Crippen LogP contribution in [0, 0.1) is 0 Å². The van der Waals surface area contributed by atoms with E-state index < -0.39 is 5.60 Å². The normalized spacial score (nSPS) is 31.4. The van der Waals surface area contributed by atoms with Crippen LogP contribution in [-0.2, 0) is 6.42 Å². The van der Waals surface area contributed by atoms with Crippen LogP contribution in [0.25, 0.3) is 0 Å². The molecule has 2 unspecified atom stereocenters. The van der Waals surface area contributed by atoms with Crippen molar-refractivity contribution >= 4 is 23.2 Å². The van der Waals surface area contributed by atoms with Crippen molar-refractivity contribution in [2.75, 3.05) is 13.1 Å². The zero-order chi connectivity index (χ0) is 13.5. The molecule has 2 saturated heterocycles. The molecule has 0 radical (unpaired) electrons. The molecule has 2 aliphatic rings. The summed E-state index contributed by atoms with van der Waals surface area (Å²) in [5, 5.41) is 12.4. The van der Waals surface area contributed by atoms with Gasteiger partial charge in [-0.2, -0.15) is 0 Å². The van der Waals surface area contributed by atoms with Crippen LogP contribution in [0.2, 0.25) is 10.0 Å². The first kappa shape index (κ1) is 13.7. The highest BCUT2D eigenvalue weighted by atomic mass is 35.5. The van der Waals surface area contributed by atoms with Gasteiger partial charge in [-0.05, 0) is 43.5 Å². The molecule has 104 valence electrons. The minimum Gasteiger partial charge on any atom is -0.388 e. The minimum atomic E-state index is -0.672. The molecular formula is C15H19Cl2NO. The van der Waals surface area contributed by atoms with E-state index in [2.05, 4.69) is 4.90 Å². The molecule has 2 aliphatic heterocycles. The maximum Gasteiger partial charge on any atom is 0.0855 e. The second-order valence-electron chi connectivity index (χ2n) is 5.78. The monoisotopic (exact) mass is 299 g/mol. The Morgan fingerprint density at radius 2 is 1.95 bits per heavy atom. The lowest BCUT2D eigenvalue weighted by Crippen LogP contribution is -2.48. The number of hydrogen-bond acceptors (Lipinski definition) is 2. The summed E-state index contributed by atoms with van der Waals surface area (Å²) in [5.41, 5.74) is 0.218. The number of hydrogen-bond donors (Lipinski definition) is 1. The minimum absolute atomic E-state index is 0.272. The van der Waals surface area contributed by atoms with Crippen LogP contribution in [0.4, 0.5) is 0 Å². The third-order valence-corrected chi connectivity index (χ3v) is 5.32. The van der Waals surface area contributed by atoms with Crippen LogP contribution in [0.5, 0.6) is 0 Å². The van der Waals surface area contributed by atoms with E-state index in [4.69, 9.17) is 23.2 Å². The smallest absolute Gasteiger partial charge is 0.0855 e. The standard InChI is InChI=1S/C15H19Cl2NO/c16-12-4-3-5-13(17)11(12)10-15(19)7-9-18-8-2-1-6-14(15)18/h3-5,14,19H,1-2,6-10H2. The van der Waals surface area contributed by atoms with Crippen molar-refractivity contribution in [3.05, 3.63) is 33.8 Å². The zero-order valence-corrected chi connectivity index (χ0v) is 12.4. The predicted octanol–water partition coefficient (Wildman–Crippen LogP) is 3.53. The Morgan fingerprint density at radius 1 is 1.21 bits per heavy atom. The van der Waals surface area contributed by atoms with Crippen LogP contribution in [0.15, 0.2) is 18.2 Å². The Labute approximate surface area is 124 Å². The quantitative estimate of drug-likeness (QED) is 0.903. The Hall–Kier alpha value is -0.280. The van der Waals surface area contributed by atoms with Gasteiger partial charge in [0.1, 0.15) is 0 Å². The van der Waals surface area contributed by atoms with Crippen molar-refractivity contribution in [3.8, 4) is 0 Å². The maximum atomic E-state index is 11.0. The van der Waals surface area contributed by atoms with Gasteiger partial charge in [-0.3, -0.25) is 4.90 Å². The van der Waals surface area contributed by atoms with E-state index in [1.165, 1.54) is 12.8 Å². The summed E-state index contributed by atoms with van der Waals surface area (Å²) >= 11 is 12.5. The lowest BCUT2D eigenvalue weighted by molar-refractivity contribution is -0.00883. The summed E-state index contributed by atoms with van der Waals surface area (Å²) in [4.78, 5) is 2.42. The summed E-state index contributed by atoms with van der Waals surface area (Å²) in [7, 11) is 0. The molecule has 2 atom stereocenters. The topological polar surface area (TPSA) is 23.5 Å². The van der Waals surface area contributed by atoms with Gasteiger partial charge in [0, 0.05) is 29.1 Å². The van der Waals surface area contributed by atoms with Gasteiger partial charge < -0.3 is 5.11 Å². The maximum absolute atomic E-state index is 11.0. The van der Waals surface area contributed by atoms with E-state index >= 15 is 0 Å². The second-order valence-corrected chi connectivity index (χ2v) is 6.59. The van der Waals surface area contributed by atoms with Crippen LogP contribution in [0.3, 0.4) is 0 Å². The first-order valence-corrected chi connectivity index (χ1v) is 7.75. The number of piperidine rings is 1. The Morgan fingerprint density at radius 3 is 2.68 bits per heavy atom. The molecule has 0 bridgehead atoms. The summed E-state index contributed by atoms with van der Waals surface area (Å²) in [6, 6.07) is 5.81. The van der Waals surface area contributed by atoms with Gasteiger partial charge >= 0.3 is 0 Å². The Kier molecular flexibility index (Phi) is 3.78. The summed E-state index contributed by atoms with van der Waals surface area (Å²) in [6.45, 7) is 2.10. The lowest BCUT2D eigenvalue weighted by Gasteiger charge is -2.37. The number of rotatable bonds is 2. The highest BCUT2D eigenvalue weighted by Gasteiger charge is 2.46. The molecule has 1 aromatic carbocycles. The number of nitrogens with zero attached hydrogens (tertiary/aromatic N) is 1. The van der Waals surface area contributed by atoms with Gasteiger partial charge in [0.2, 0.25) is 0 Å². The molecule has 1 N–H and O–H groups in total. The fourth-order valence-electron chi connectivity index (χ4n) is 3.58. The van der Waals surface area contributed by atoms with E-state index in [0.717, 1.165) is 31.5 Å². The summed E-state index contributed by atoms with van der Waals surface area (Å²) < 4.78 is 0. The average molecular weight is 300 g/mol. The van der Waals surface area contributed by atoms with Crippen molar-refractivity contribution in [2.24, 2.45) is 0 Å². The van der Waals surface area contributed by atoms with Crippen molar-refractivity contribution in [1.29, 1.82) is 0 Å². The number of benzene rings is 1. The van der Waals surface area contributed by atoms with Crippen molar-refractivity contribution < 1.29 is 5.11 Å². The van der Waals surface area contributed by atoms with E-state index in [1.807, 2.05) is 18.2 Å². The lowest BCUT2D eigenvalue weighted by atomic mass is 9.83. The highest BCUT2D eigenvalue weighted by Crippen LogP contribution is 2.39. The van der Waals surface area contributed by atoms with Crippen molar-refractivity contribution in [1.82, 2.24) is 4.90 Å². The SMILES string of the molecule is OC1(Cc2c(Cl)cccc2Cl)CCN2CCCCC21. The Bertz CT molecular complexity index is 459. The van der Waals surface area contributed by atoms with Crippen LogP contribution >= 0.6 is 23.2 Å². The van der Waals surface area contributed by atoms with E-state index in [-0.39, 0.29) is 6.04 Å². The first-order valence-electron chi connectivity index (χ1n) is 6.99. The first-order chi connectivity index (χ1) is 9.10. The Balaban J connectivity index is 1.86. The van der Waals surface area contributed by atoms with E-state index in [0.29, 0.717) is 16.5 Å². The molecule has 0 aromatic heterocycles. The fraction of sp³-hybridized carbons (Fsp3) is 0.600. The molecule has 19 heavy (non-hydrogen) atoms. The summed E-state index contributed by atoms with van der Waals surface area (Å²) in [6.07, 6.45) is 4.92. The largest absolute Gasteiger partial charge is 0.388 e. The van der Waals surface area contributed by atoms with Gasteiger partial charge in [-0.25, -0.2) is 0 Å². The molecule has 0 amide bonds. The van der Waals surface area contributed by atoms with Gasteiger partial charge in [0.05, 0.1) is 5.60 Å². The fourth-order valence-corrected chi connectivity index (χ4v) is 4.12. The predicted molar refractivity (Wildman–Crippen MR) is 78.9 cm³/mol. The average Bonchev–Trinajstić information content (AvgIpc) is 2.73. The second kappa shape index (κ2) is 5.25. The van der Waals surface area contributed by atoms with E-state index in [1.54, 1.807) is 0 Å². The number of fused-ring (bicyclic) bond motifs is 1. The third-order valence-electron chi connectivity index (χ3n) is 4.61. The van der Waals surface area contributed by atoms with Crippen molar-refractivity contribution in [3.63, 3.8) is 0 Å². The molecule has 3 rings (SSSR count). The molecule has 2 heterocycles. The van der Waals surface area contributed by atoms with Crippen LogP contribution in [-0.4, -0.2) is 34.7 Å². The van der Waals surface area contributed by atoms with Gasteiger partial charge in [-0.15, -0.1) is 0 Å². The van der Waals surface area contributed by atoms with Gasteiger partial charge in [-0.1, -0.05) is 35.7 Å². The molecule has 0 aliphatic carbocycles. The zero-order valence-electron chi connectivity index (χ0n) is 10.9. The molecule has 0 spiro atoms. The van der Waals surface area contributed by atoms with E-state index in [9.17, 15) is 5.11 Å². The van der Waals surface area contributed by atoms with Crippen LogP contribution < -0.4 is 0 Å².